The van der Waals surface area contributed by atoms with Crippen molar-refractivity contribution in [3.63, 3.8) is 0 Å². The smallest absolute Gasteiger partial charge is 0.462 e. The molecule has 0 aromatic carbocycles. The summed E-state index contributed by atoms with van der Waals surface area (Å²) >= 11 is 0. The first-order valence-corrected chi connectivity index (χ1v) is 49.2. The molecule has 0 aliphatic rings. The quantitative estimate of drug-likeness (QED) is 0.0222. The number of phosphoric ester groups is 2. The van der Waals surface area contributed by atoms with Gasteiger partial charge in [0.15, 0.2) is 12.2 Å². The number of carbonyl (C=O) groups is 4. The highest BCUT2D eigenvalue weighted by atomic mass is 31.2. The molecule has 0 fully saturated rings. The number of hydrogen-bond donors (Lipinski definition) is 3. The molecule has 0 aliphatic heterocycles. The normalized spacial score (nSPS) is 14.0. The Morgan fingerprint density at radius 3 is 0.657 bits per heavy atom. The average Bonchev–Trinajstić information content (AvgIpc) is 0.892. The number of phosphoric acid groups is 2. The molecule has 0 rings (SSSR count). The average molecular weight is 1580 g/mol. The number of ether oxygens (including phenoxy) is 4. The maximum Gasteiger partial charge on any atom is 0.472 e. The molecule has 0 aliphatic carbocycles. The fraction of sp³-hybridized carbons (Fsp3) is 0.955. The second-order valence-corrected chi connectivity index (χ2v) is 35.1. The molecule has 642 valence electrons. The van der Waals surface area contributed by atoms with Crippen LogP contribution in [-0.4, -0.2) is 96.7 Å². The second-order valence-electron chi connectivity index (χ2n) is 32.2. The van der Waals surface area contributed by atoms with Gasteiger partial charge in [0.25, 0.3) is 0 Å². The van der Waals surface area contributed by atoms with E-state index in [1.54, 1.807) is 0 Å². The summed E-state index contributed by atoms with van der Waals surface area (Å²) in [6, 6.07) is 0. The molecule has 0 bridgehead atoms. The molecule has 0 amide bonds. The fourth-order valence-corrected chi connectivity index (χ4v) is 15.5. The maximum absolute atomic E-state index is 13.2. The van der Waals surface area contributed by atoms with Gasteiger partial charge in [0.2, 0.25) is 0 Å². The van der Waals surface area contributed by atoms with Gasteiger partial charge in [0, 0.05) is 25.7 Å². The van der Waals surface area contributed by atoms with Gasteiger partial charge in [0.05, 0.1) is 26.4 Å². The van der Waals surface area contributed by atoms with Crippen LogP contribution in [0.25, 0.3) is 0 Å². The second kappa shape index (κ2) is 81.6. The lowest BCUT2D eigenvalue weighted by atomic mass is 9.99. The number of aliphatic hydroxyl groups is 1. The topological polar surface area (TPSA) is 237 Å². The SMILES string of the molecule is CCCCCCCCCCCCCCCCCCCCCCCC(=O)O[C@H](COC(=O)CCCCCCCCCCCCCCCCCCCC)COP(=O)(O)OC[C@@H](O)COP(=O)(O)OC[C@@H](COC(=O)CCCCCCCCCCC(C)CC)OC(=O)CCCCCCCCCCCCCCCCCCC. The van der Waals surface area contributed by atoms with Gasteiger partial charge >= 0.3 is 39.5 Å². The molecule has 19 heteroatoms. The van der Waals surface area contributed by atoms with E-state index in [2.05, 4.69) is 34.6 Å². The molecule has 17 nitrogen and oxygen atoms in total. The molecular weight excluding hydrogens is 1400 g/mol. The first-order chi connectivity index (χ1) is 52.6. The van der Waals surface area contributed by atoms with Crippen molar-refractivity contribution in [3.8, 4) is 0 Å². The van der Waals surface area contributed by atoms with Gasteiger partial charge in [-0.15, -0.1) is 0 Å². The molecule has 0 aromatic rings. The van der Waals surface area contributed by atoms with E-state index in [4.69, 9.17) is 37.0 Å². The Kier molecular flexibility index (Phi) is 80.2. The number of hydrogen-bond acceptors (Lipinski definition) is 15. The van der Waals surface area contributed by atoms with E-state index in [9.17, 15) is 43.2 Å². The monoisotopic (exact) mass is 1580 g/mol. The summed E-state index contributed by atoms with van der Waals surface area (Å²) in [7, 11) is -9.93. The van der Waals surface area contributed by atoms with E-state index in [0.29, 0.717) is 25.7 Å². The highest BCUT2D eigenvalue weighted by molar-refractivity contribution is 7.47. The summed E-state index contributed by atoms with van der Waals surface area (Å²) in [6.07, 6.45) is 76.4. The summed E-state index contributed by atoms with van der Waals surface area (Å²) in [5.74, 6) is -1.32. The van der Waals surface area contributed by atoms with E-state index < -0.39 is 97.5 Å². The molecule has 0 aromatic heterocycles. The third-order valence-electron chi connectivity index (χ3n) is 21.4. The zero-order valence-corrected chi connectivity index (χ0v) is 72.8. The summed E-state index contributed by atoms with van der Waals surface area (Å²) in [6.45, 7) is 7.39. The Morgan fingerprint density at radius 1 is 0.259 bits per heavy atom. The standard InChI is InChI=1S/C89H174O17P2/c1-6-10-13-16-19-22-25-28-31-34-36-37-38-41-44-47-50-53-60-65-70-74-88(93)105-84(78-99-86(91)72-67-62-57-51-48-45-42-40-35-32-29-26-23-20-17-14-11-7-2)80-103-107(95,96)101-76-83(90)77-102-108(97,98)104-81-85(79-100-87(92)73-68-63-58-55-54-56-61-66-71-82(5)9-4)106-89(94)75-69-64-59-52-49-46-43-39-33-30-27-24-21-18-15-12-8-3/h82-85,90H,6-81H2,1-5H3,(H,95,96)(H,97,98)/t82?,83-,84-,85-/m1/s1. The lowest BCUT2D eigenvalue weighted by Crippen LogP contribution is -2.30. The number of esters is 4. The minimum atomic E-state index is -4.97. The molecular formula is C89H174O17P2. The van der Waals surface area contributed by atoms with Gasteiger partial charge in [-0.05, 0) is 31.6 Å². The Morgan fingerprint density at radius 2 is 0.444 bits per heavy atom. The molecule has 3 N–H and O–H groups in total. The fourth-order valence-electron chi connectivity index (χ4n) is 14.0. The summed E-state index contributed by atoms with van der Waals surface area (Å²) < 4.78 is 69.0. The third kappa shape index (κ3) is 80.7. The number of aliphatic hydroxyl groups excluding tert-OH is 1. The van der Waals surface area contributed by atoms with Crippen LogP contribution in [0, 0.1) is 5.92 Å². The van der Waals surface area contributed by atoms with E-state index in [0.717, 1.165) is 95.8 Å². The third-order valence-corrected chi connectivity index (χ3v) is 23.3. The lowest BCUT2D eigenvalue weighted by Gasteiger charge is -2.21. The van der Waals surface area contributed by atoms with Crippen LogP contribution in [0.2, 0.25) is 0 Å². The largest absolute Gasteiger partial charge is 0.472 e. The molecule has 0 saturated heterocycles. The molecule has 0 radical (unpaired) electrons. The molecule has 3 unspecified atom stereocenters. The van der Waals surface area contributed by atoms with Crippen LogP contribution >= 0.6 is 15.6 Å². The molecule has 0 heterocycles. The van der Waals surface area contributed by atoms with Crippen molar-refractivity contribution in [2.24, 2.45) is 5.92 Å². The highest BCUT2D eigenvalue weighted by Gasteiger charge is 2.31. The van der Waals surface area contributed by atoms with E-state index in [1.165, 1.54) is 308 Å². The minimum absolute atomic E-state index is 0.109. The molecule has 0 saturated carbocycles. The molecule has 108 heavy (non-hydrogen) atoms. The predicted octanol–water partition coefficient (Wildman–Crippen LogP) is 27.5. The van der Waals surface area contributed by atoms with Crippen LogP contribution in [0.4, 0.5) is 0 Å². The van der Waals surface area contributed by atoms with Crippen LogP contribution in [0.1, 0.15) is 484 Å². The van der Waals surface area contributed by atoms with Gasteiger partial charge in [0.1, 0.15) is 19.3 Å². The van der Waals surface area contributed by atoms with Crippen molar-refractivity contribution in [2.75, 3.05) is 39.6 Å². The number of carbonyl (C=O) groups excluding carboxylic acids is 4. The summed E-state index contributed by atoms with van der Waals surface area (Å²) in [5.41, 5.74) is 0. The lowest BCUT2D eigenvalue weighted by molar-refractivity contribution is -0.161. The van der Waals surface area contributed by atoms with Crippen molar-refractivity contribution >= 4 is 39.5 Å². The van der Waals surface area contributed by atoms with Crippen LogP contribution in [0.15, 0.2) is 0 Å². The van der Waals surface area contributed by atoms with Crippen LogP contribution in [-0.2, 0) is 65.4 Å². The van der Waals surface area contributed by atoms with E-state index in [-0.39, 0.29) is 25.7 Å². The molecule has 0 spiro atoms. The minimum Gasteiger partial charge on any atom is -0.462 e. The number of rotatable bonds is 89. The van der Waals surface area contributed by atoms with Crippen LogP contribution in [0.5, 0.6) is 0 Å². The van der Waals surface area contributed by atoms with Crippen molar-refractivity contribution in [1.29, 1.82) is 0 Å². The Hall–Kier alpha value is -1.94. The zero-order valence-electron chi connectivity index (χ0n) is 71.0. The van der Waals surface area contributed by atoms with Crippen molar-refractivity contribution in [2.45, 2.75) is 502 Å². The zero-order chi connectivity index (χ0) is 79.0. The summed E-state index contributed by atoms with van der Waals surface area (Å²) in [4.78, 5) is 73.4. The van der Waals surface area contributed by atoms with Crippen LogP contribution in [0.3, 0.4) is 0 Å². The van der Waals surface area contributed by atoms with Gasteiger partial charge in [-0.1, -0.05) is 433 Å². The summed E-state index contributed by atoms with van der Waals surface area (Å²) in [5, 5.41) is 10.7. The Bertz CT molecular complexity index is 2050. The van der Waals surface area contributed by atoms with Crippen molar-refractivity contribution < 1.29 is 80.2 Å². The molecule has 6 atom stereocenters. The van der Waals surface area contributed by atoms with Gasteiger partial charge in [-0.2, -0.15) is 0 Å². The van der Waals surface area contributed by atoms with E-state index in [1.807, 2.05) is 0 Å². The van der Waals surface area contributed by atoms with Gasteiger partial charge < -0.3 is 33.8 Å². The van der Waals surface area contributed by atoms with Gasteiger partial charge in [-0.25, -0.2) is 9.13 Å². The maximum atomic E-state index is 13.2. The first-order valence-electron chi connectivity index (χ1n) is 46.2. The number of unbranched alkanes of at least 4 members (excludes halogenated alkanes) is 60. The Balaban J connectivity index is 5.25. The van der Waals surface area contributed by atoms with Gasteiger partial charge in [-0.3, -0.25) is 37.3 Å². The van der Waals surface area contributed by atoms with E-state index >= 15 is 0 Å². The Labute approximate surface area is 664 Å². The van der Waals surface area contributed by atoms with Crippen molar-refractivity contribution in [1.82, 2.24) is 0 Å². The first kappa shape index (κ1) is 106. The highest BCUT2D eigenvalue weighted by Crippen LogP contribution is 2.45. The predicted molar refractivity (Wildman–Crippen MR) is 446 cm³/mol. The van der Waals surface area contributed by atoms with Crippen LogP contribution < -0.4 is 0 Å². The van der Waals surface area contributed by atoms with Crippen molar-refractivity contribution in [3.05, 3.63) is 0 Å².